The van der Waals surface area contributed by atoms with Gasteiger partial charge in [-0.25, -0.2) is 8.93 Å². The summed E-state index contributed by atoms with van der Waals surface area (Å²) in [6.07, 6.45) is 5.02. The average molecular weight is 364 g/mol. The first-order valence-electron chi connectivity index (χ1n) is 8.29. The average Bonchev–Trinajstić information content (AvgIpc) is 3.10. The maximum Gasteiger partial charge on any atom is 0.160 e. The molecule has 1 aliphatic heterocycles. The van der Waals surface area contributed by atoms with Gasteiger partial charge in [0.15, 0.2) is 5.78 Å². The second kappa shape index (κ2) is 7.58. The Morgan fingerprint density at radius 2 is 1.91 bits per heavy atom. The molecular weight excluding hydrogens is 334 g/mol. The number of thioether (sulfide) groups is 2. The van der Waals surface area contributed by atoms with E-state index in [9.17, 15) is 9.00 Å². The molecule has 128 valence electrons. The van der Waals surface area contributed by atoms with E-state index in [1.807, 2.05) is 20.8 Å². The van der Waals surface area contributed by atoms with Gasteiger partial charge < -0.3 is 0 Å². The first kappa shape index (κ1) is 18.8. The minimum atomic E-state index is -1.13. The van der Waals surface area contributed by atoms with E-state index < -0.39 is 15.1 Å². The fourth-order valence-electron chi connectivity index (χ4n) is 2.63. The zero-order chi connectivity index (χ0) is 16.4. The van der Waals surface area contributed by atoms with Gasteiger partial charge in [0.2, 0.25) is 0 Å². The molecule has 1 saturated carbocycles. The Labute approximate surface area is 146 Å². The lowest BCUT2D eigenvalue weighted by Crippen LogP contribution is -2.53. The minimum Gasteiger partial charge on any atom is -0.297 e. The molecular formula is C16H29NO2S3. The Balaban J connectivity index is 2.17. The minimum absolute atomic E-state index is 0.00121. The Morgan fingerprint density at radius 1 is 1.32 bits per heavy atom. The van der Waals surface area contributed by atoms with Crippen LogP contribution in [0.4, 0.5) is 0 Å². The van der Waals surface area contributed by atoms with Crippen molar-refractivity contribution in [1.29, 1.82) is 0 Å². The maximum atomic E-state index is 13.0. The molecule has 2 rings (SSSR count). The van der Waals surface area contributed by atoms with Gasteiger partial charge in [0.05, 0.1) is 21.8 Å². The number of nitrogens with one attached hydrogen (secondary N) is 1. The molecule has 22 heavy (non-hydrogen) atoms. The molecule has 0 bridgehead atoms. The lowest BCUT2D eigenvalue weighted by atomic mass is 10.0. The highest BCUT2D eigenvalue weighted by Gasteiger charge is 2.50. The van der Waals surface area contributed by atoms with Gasteiger partial charge in [-0.1, -0.05) is 13.3 Å². The smallest absolute Gasteiger partial charge is 0.160 e. The van der Waals surface area contributed by atoms with Crippen LogP contribution in [0.1, 0.15) is 59.8 Å². The Kier molecular flexibility index (Phi) is 6.48. The number of hydrogen-bond acceptors (Lipinski definition) is 4. The molecule has 0 aromatic heterocycles. The Bertz CT molecular complexity index is 424. The molecule has 3 nitrogen and oxygen atoms in total. The molecule has 6 heteroatoms. The molecule has 0 aromatic carbocycles. The van der Waals surface area contributed by atoms with E-state index in [4.69, 9.17) is 0 Å². The summed E-state index contributed by atoms with van der Waals surface area (Å²) in [5, 5.41) is 0. The van der Waals surface area contributed by atoms with Crippen LogP contribution in [0.15, 0.2) is 0 Å². The first-order valence-corrected chi connectivity index (χ1v) is 11.4. The third kappa shape index (κ3) is 4.52. The summed E-state index contributed by atoms with van der Waals surface area (Å²) in [6.45, 7) is 8.07. The molecule has 2 atom stereocenters. The van der Waals surface area contributed by atoms with Crippen LogP contribution in [0.3, 0.4) is 0 Å². The van der Waals surface area contributed by atoms with E-state index in [-0.39, 0.29) is 10.8 Å². The molecule has 1 N–H and O–H groups in total. The van der Waals surface area contributed by atoms with Crippen molar-refractivity contribution in [1.82, 2.24) is 4.72 Å². The highest BCUT2D eigenvalue weighted by atomic mass is 32.2. The van der Waals surface area contributed by atoms with E-state index >= 15 is 0 Å². The van der Waals surface area contributed by atoms with E-state index in [1.165, 1.54) is 12.8 Å². The van der Waals surface area contributed by atoms with Crippen molar-refractivity contribution in [3.05, 3.63) is 0 Å². The van der Waals surface area contributed by atoms with Crippen molar-refractivity contribution in [2.24, 2.45) is 5.92 Å². The van der Waals surface area contributed by atoms with Crippen molar-refractivity contribution < 1.29 is 9.00 Å². The summed E-state index contributed by atoms with van der Waals surface area (Å²) in [5.41, 5.74) is 0. The highest BCUT2D eigenvalue weighted by molar-refractivity contribution is 8.22. The standard InChI is InChI=1S/C16H29NO2S3/c1-5-6-13(17-22(19)15(2,3)4)16(20-9-10-21-16)14(18)11-12-7-8-12/h12-13,17H,5-11H2,1-4H3/t13-,22?/m0/s1. The molecule has 1 aliphatic carbocycles. The molecule has 1 unspecified atom stereocenters. The van der Waals surface area contributed by atoms with Crippen LogP contribution >= 0.6 is 23.5 Å². The molecule has 1 heterocycles. The van der Waals surface area contributed by atoms with Crippen molar-refractivity contribution in [3.63, 3.8) is 0 Å². The third-order valence-corrected chi connectivity index (χ3v) is 9.39. The Morgan fingerprint density at radius 3 is 2.36 bits per heavy atom. The summed E-state index contributed by atoms with van der Waals surface area (Å²) >= 11 is 3.57. The van der Waals surface area contributed by atoms with Crippen LogP contribution in [0.25, 0.3) is 0 Å². The van der Waals surface area contributed by atoms with Crippen molar-refractivity contribution in [2.45, 2.75) is 74.7 Å². The monoisotopic (exact) mass is 363 g/mol. The summed E-state index contributed by atoms with van der Waals surface area (Å²) < 4.78 is 15.2. The summed E-state index contributed by atoms with van der Waals surface area (Å²) in [4.78, 5) is 13.0. The second-order valence-corrected chi connectivity index (χ2v) is 12.2. The largest absolute Gasteiger partial charge is 0.297 e. The second-order valence-electron chi connectivity index (χ2n) is 7.28. The Hall–Kier alpha value is 0.480. The lowest BCUT2D eigenvalue weighted by molar-refractivity contribution is -0.120. The van der Waals surface area contributed by atoms with Gasteiger partial charge in [-0.05, 0) is 46.0 Å². The van der Waals surface area contributed by atoms with Crippen LogP contribution in [0, 0.1) is 5.92 Å². The van der Waals surface area contributed by atoms with Crippen LogP contribution in [0.5, 0.6) is 0 Å². The van der Waals surface area contributed by atoms with Crippen LogP contribution in [-0.4, -0.2) is 36.4 Å². The fraction of sp³-hybridized carbons (Fsp3) is 0.938. The van der Waals surface area contributed by atoms with E-state index in [0.717, 1.165) is 24.3 Å². The van der Waals surface area contributed by atoms with Crippen LogP contribution in [-0.2, 0) is 15.8 Å². The van der Waals surface area contributed by atoms with E-state index in [1.54, 1.807) is 23.5 Å². The fourth-order valence-corrected chi connectivity index (χ4v) is 7.04. The molecule has 2 fully saturated rings. The van der Waals surface area contributed by atoms with Crippen molar-refractivity contribution in [3.8, 4) is 0 Å². The van der Waals surface area contributed by atoms with Gasteiger partial charge in [-0.2, -0.15) is 0 Å². The summed E-state index contributed by atoms with van der Waals surface area (Å²) in [6, 6.07) is 0.00121. The van der Waals surface area contributed by atoms with Crippen LogP contribution in [0.2, 0.25) is 0 Å². The van der Waals surface area contributed by atoms with Crippen molar-refractivity contribution in [2.75, 3.05) is 11.5 Å². The quantitative estimate of drug-likeness (QED) is 0.713. The molecule has 0 amide bonds. The van der Waals surface area contributed by atoms with Crippen molar-refractivity contribution >= 4 is 40.3 Å². The lowest BCUT2D eigenvalue weighted by Gasteiger charge is -2.36. The SMILES string of the molecule is CCC[C@H](NS(=O)C(C)(C)C)C1(C(=O)CC2CC2)SCCS1. The van der Waals surface area contributed by atoms with Gasteiger partial charge >= 0.3 is 0 Å². The topological polar surface area (TPSA) is 46.2 Å². The zero-order valence-electron chi connectivity index (χ0n) is 14.1. The predicted octanol–water partition coefficient (Wildman–Crippen LogP) is 3.75. The summed E-state index contributed by atoms with van der Waals surface area (Å²) in [5.74, 6) is 3.02. The van der Waals surface area contributed by atoms with Gasteiger partial charge in [-0.15, -0.1) is 23.5 Å². The number of rotatable bonds is 8. The summed E-state index contributed by atoms with van der Waals surface area (Å²) in [7, 11) is -1.13. The third-order valence-electron chi connectivity index (χ3n) is 4.12. The van der Waals surface area contributed by atoms with E-state index in [2.05, 4.69) is 11.6 Å². The number of carbonyl (C=O) groups excluding carboxylic acids is 1. The van der Waals surface area contributed by atoms with Crippen LogP contribution < -0.4 is 4.72 Å². The van der Waals surface area contributed by atoms with Gasteiger partial charge in [0.1, 0.15) is 4.08 Å². The maximum absolute atomic E-state index is 13.0. The molecule has 0 spiro atoms. The first-order chi connectivity index (χ1) is 10.3. The van der Waals surface area contributed by atoms with Gasteiger partial charge in [0, 0.05) is 17.9 Å². The predicted molar refractivity (Wildman–Crippen MR) is 99.7 cm³/mol. The van der Waals surface area contributed by atoms with Gasteiger partial charge in [0.25, 0.3) is 0 Å². The number of carbonyl (C=O) groups is 1. The number of hydrogen-bond donors (Lipinski definition) is 1. The zero-order valence-corrected chi connectivity index (χ0v) is 16.6. The van der Waals surface area contributed by atoms with Gasteiger partial charge in [-0.3, -0.25) is 4.79 Å². The molecule has 1 saturated heterocycles. The molecule has 2 aliphatic rings. The number of Topliss-reactive ketones (excluding diaryl/α,β-unsaturated/α-hetero) is 1. The molecule has 0 aromatic rings. The van der Waals surface area contributed by atoms with E-state index in [0.29, 0.717) is 18.1 Å². The normalized spacial score (nSPS) is 24.2. The molecule has 0 radical (unpaired) electrons. The highest BCUT2D eigenvalue weighted by Crippen LogP contribution is 2.50. The number of ketones is 1.